The molecule has 1 heteroatoms. The average Bonchev–Trinajstić information content (AvgIpc) is 3.68. The number of furan rings is 1. The lowest BCUT2D eigenvalue weighted by Crippen LogP contribution is -1.92. The summed E-state index contributed by atoms with van der Waals surface area (Å²) in [6, 6.07) is 29.4. The van der Waals surface area contributed by atoms with Crippen molar-refractivity contribution in [2.75, 3.05) is 0 Å². The quantitative estimate of drug-likeness (QED) is 0.167. The second kappa shape index (κ2) is 12.0. The summed E-state index contributed by atoms with van der Waals surface area (Å²) >= 11 is 0. The maximum atomic E-state index is 9.89. The van der Waals surface area contributed by atoms with E-state index in [0.29, 0.717) is 38.6 Å². The van der Waals surface area contributed by atoms with Crippen molar-refractivity contribution in [3.05, 3.63) is 194 Å². The molecule has 238 valence electrons. The number of hydrogen-bond donors (Lipinski definition) is 0. The van der Waals surface area contributed by atoms with E-state index in [9.17, 15) is 4.11 Å². The Morgan fingerprint density at radius 1 is 0.353 bits per heavy atom. The second-order valence-corrected chi connectivity index (χ2v) is 12.2. The molecule has 0 radical (unpaired) electrons. The molecular formula is C50H32O. The predicted octanol–water partition coefficient (Wildman–Crippen LogP) is 14.2. The minimum atomic E-state index is -0.598. The highest BCUT2D eigenvalue weighted by Gasteiger charge is 2.21. The Labute approximate surface area is 315 Å². The molecule has 1 aromatic heterocycles. The summed E-state index contributed by atoms with van der Waals surface area (Å²) < 4.78 is 121. The number of hydrogen-bond acceptors (Lipinski definition) is 1. The lowest BCUT2D eigenvalue weighted by Gasteiger charge is -2.19. The van der Waals surface area contributed by atoms with E-state index in [1.807, 2.05) is 72.8 Å². The Morgan fingerprint density at radius 3 is 1.55 bits per heavy atom. The van der Waals surface area contributed by atoms with Gasteiger partial charge in [-0.1, -0.05) is 157 Å². The largest absolute Gasteiger partial charge is 0.456 e. The summed E-state index contributed by atoms with van der Waals surface area (Å²) in [6.45, 7) is 0. The van der Waals surface area contributed by atoms with Gasteiger partial charge in [0.05, 0.1) is 17.8 Å². The summed E-state index contributed by atoms with van der Waals surface area (Å²) in [5.74, 6) is 0. The maximum Gasteiger partial charge on any atom is 0.136 e. The van der Waals surface area contributed by atoms with E-state index >= 15 is 0 Å². The molecule has 0 bridgehead atoms. The van der Waals surface area contributed by atoms with Gasteiger partial charge in [-0.3, -0.25) is 0 Å². The van der Waals surface area contributed by atoms with Crippen LogP contribution in [0.1, 0.15) is 17.8 Å². The van der Waals surface area contributed by atoms with Crippen LogP contribution in [0.25, 0.3) is 99.1 Å². The van der Waals surface area contributed by atoms with Crippen LogP contribution >= 0.6 is 0 Å². The van der Waals surface area contributed by atoms with Crippen molar-refractivity contribution in [3.8, 4) is 55.6 Å². The molecule has 51 heavy (non-hydrogen) atoms. The molecule has 0 fully saturated rings. The van der Waals surface area contributed by atoms with Gasteiger partial charge in [0.25, 0.3) is 0 Å². The van der Waals surface area contributed by atoms with Gasteiger partial charge in [0.2, 0.25) is 0 Å². The van der Waals surface area contributed by atoms with Gasteiger partial charge >= 0.3 is 0 Å². The summed E-state index contributed by atoms with van der Waals surface area (Å²) in [6.07, 6.45) is 0. The lowest BCUT2D eigenvalue weighted by molar-refractivity contribution is 0.669. The summed E-state index contributed by atoms with van der Waals surface area (Å²) in [4.78, 5) is 0. The number of rotatable bonds is 5. The molecule has 9 aromatic carbocycles. The van der Waals surface area contributed by atoms with Crippen molar-refractivity contribution in [2.45, 2.75) is 0 Å². The van der Waals surface area contributed by atoms with Crippen LogP contribution in [0.2, 0.25) is 0 Å². The summed E-state index contributed by atoms with van der Waals surface area (Å²) in [5.41, 5.74) is 3.86. The van der Waals surface area contributed by atoms with Crippen molar-refractivity contribution in [2.24, 2.45) is 0 Å². The Balaban J connectivity index is 1.30. The van der Waals surface area contributed by atoms with Gasteiger partial charge in [-0.15, -0.1) is 0 Å². The molecule has 0 unspecified atom stereocenters. The third-order valence-electron chi connectivity index (χ3n) is 9.30. The van der Waals surface area contributed by atoms with Gasteiger partial charge < -0.3 is 4.42 Å². The van der Waals surface area contributed by atoms with Crippen LogP contribution in [0.5, 0.6) is 0 Å². The average molecular weight is 662 g/mol. The molecule has 10 rings (SSSR count). The van der Waals surface area contributed by atoms with Gasteiger partial charge in [0.1, 0.15) is 11.2 Å². The normalized spacial score (nSPS) is 15.1. The molecule has 0 aliphatic heterocycles. The van der Waals surface area contributed by atoms with Gasteiger partial charge in [0, 0.05) is 10.8 Å². The first-order chi connectivity index (χ1) is 30.7. The van der Waals surface area contributed by atoms with Crippen LogP contribution in [-0.2, 0) is 0 Å². The Morgan fingerprint density at radius 2 is 0.902 bits per heavy atom. The molecule has 0 N–H and O–H groups in total. The summed E-state index contributed by atoms with van der Waals surface area (Å²) in [7, 11) is 0. The number of benzene rings is 9. The fraction of sp³-hybridized carbons (Fsp3) is 0. The first kappa shape index (κ1) is 18.9. The second-order valence-electron chi connectivity index (χ2n) is 12.2. The van der Waals surface area contributed by atoms with Crippen LogP contribution in [0, 0.1) is 0 Å². The Hall–Kier alpha value is -6.70. The smallest absolute Gasteiger partial charge is 0.136 e. The minimum Gasteiger partial charge on any atom is -0.456 e. The molecule has 10 aromatic rings. The molecule has 0 saturated carbocycles. The monoisotopic (exact) mass is 661 g/mol. The van der Waals surface area contributed by atoms with Gasteiger partial charge in [0.15, 0.2) is 0 Å². The van der Waals surface area contributed by atoms with Crippen LogP contribution in [-0.4, -0.2) is 0 Å². The van der Waals surface area contributed by atoms with Crippen LogP contribution < -0.4 is 0 Å². The van der Waals surface area contributed by atoms with Crippen LogP contribution in [0.15, 0.2) is 198 Å². The van der Waals surface area contributed by atoms with Crippen molar-refractivity contribution in [3.63, 3.8) is 0 Å². The van der Waals surface area contributed by atoms with Crippen molar-refractivity contribution in [1.29, 1.82) is 0 Å². The van der Waals surface area contributed by atoms with E-state index in [1.165, 1.54) is 0 Å². The molecule has 1 heterocycles. The fourth-order valence-electron chi connectivity index (χ4n) is 7.11. The minimum absolute atomic E-state index is 0.0623. The highest BCUT2D eigenvalue weighted by Crippen LogP contribution is 2.48. The molecule has 0 atom stereocenters. The molecule has 0 aliphatic rings. The third-order valence-corrected chi connectivity index (χ3v) is 9.30. The predicted molar refractivity (Wildman–Crippen MR) is 216 cm³/mol. The first-order valence-electron chi connectivity index (χ1n) is 23.0. The summed E-state index contributed by atoms with van der Waals surface area (Å²) in [5, 5.41) is 4.33. The Kier molecular flexibility index (Phi) is 4.45. The standard InChI is InChI=1S/C50H32O/c1-4-15-33(16-5-1)36-27-28-44-47(32-36)51-46-26-14-25-45(50(44)46)49-42-23-12-10-21-40(42)48(41-22-11-13-24-43(41)49)39-30-37(34-17-6-2-7-18-34)29-38(31-39)35-19-8-3-9-20-35/h1-32H/i1D,2D,4D,5D,6D,7D,15D,16D,17D,18D,29D,30D,31D. The first-order valence-corrected chi connectivity index (χ1v) is 16.5. The fourth-order valence-corrected chi connectivity index (χ4v) is 7.11. The SMILES string of the molecule is [2H]c1c([2H])c([2H])c(-c2ccc3c(c2)oc2cccc(-c4c5ccccc5c(-c5c([2H])c(-c6ccccc6)c([2H])c(-c6c([2H])c([2H])c([2H])c([2H])c6[2H])c5[2H])c5ccccc45)c23)c([2H])c1[2H]. The molecule has 0 saturated heterocycles. The van der Waals surface area contributed by atoms with Gasteiger partial charge in [-0.05, 0) is 114 Å². The van der Waals surface area contributed by atoms with E-state index in [2.05, 4.69) is 0 Å². The highest BCUT2D eigenvalue weighted by atomic mass is 16.3. The lowest BCUT2D eigenvalue weighted by atomic mass is 9.83. The highest BCUT2D eigenvalue weighted by molar-refractivity contribution is 6.25. The molecule has 0 spiro atoms. The molecule has 0 amide bonds. The van der Waals surface area contributed by atoms with Gasteiger partial charge in [-0.2, -0.15) is 0 Å². The Bertz CT molecular complexity index is 3540. The van der Waals surface area contributed by atoms with E-state index in [0.717, 1.165) is 32.7 Å². The molecular weight excluding hydrogens is 617 g/mol. The van der Waals surface area contributed by atoms with Crippen molar-refractivity contribution in [1.82, 2.24) is 0 Å². The molecule has 0 aliphatic carbocycles. The zero-order valence-corrected chi connectivity index (χ0v) is 26.9. The van der Waals surface area contributed by atoms with E-state index in [4.69, 9.17) is 18.1 Å². The van der Waals surface area contributed by atoms with Crippen molar-refractivity contribution >= 4 is 43.5 Å². The third kappa shape index (κ3) is 4.94. The van der Waals surface area contributed by atoms with E-state index in [1.54, 1.807) is 42.5 Å². The topological polar surface area (TPSA) is 13.1 Å². The van der Waals surface area contributed by atoms with Crippen LogP contribution in [0.3, 0.4) is 0 Å². The zero-order valence-electron chi connectivity index (χ0n) is 39.9. The number of fused-ring (bicyclic) bond motifs is 5. The van der Waals surface area contributed by atoms with E-state index in [-0.39, 0.29) is 58.0 Å². The van der Waals surface area contributed by atoms with E-state index < -0.39 is 48.3 Å². The molecule has 1 nitrogen and oxygen atoms in total. The van der Waals surface area contributed by atoms with Crippen LogP contribution in [0.4, 0.5) is 0 Å². The zero-order chi connectivity index (χ0) is 45.0. The maximum absolute atomic E-state index is 9.89. The van der Waals surface area contributed by atoms with Gasteiger partial charge in [-0.25, -0.2) is 0 Å². The van der Waals surface area contributed by atoms with Crippen molar-refractivity contribution < 1.29 is 22.2 Å².